The largest absolute Gasteiger partial charge is 0.416 e. The molecule has 3 aromatic rings. The summed E-state index contributed by atoms with van der Waals surface area (Å²) in [6.45, 7) is 4.06. The van der Waals surface area contributed by atoms with Crippen molar-refractivity contribution in [2.24, 2.45) is 0 Å². The number of halogens is 3. The van der Waals surface area contributed by atoms with Gasteiger partial charge in [-0.3, -0.25) is 15.2 Å². The van der Waals surface area contributed by atoms with Crippen LogP contribution in [0.5, 0.6) is 0 Å². The van der Waals surface area contributed by atoms with Gasteiger partial charge in [0.25, 0.3) is 5.91 Å². The summed E-state index contributed by atoms with van der Waals surface area (Å²) < 4.78 is 41.5. The van der Waals surface area contributed by atoms with Gasteiger partial charge in [0.2, 0.25) is 0 Å². The van der Waals surface area contributed by atoms with Gasteiger partial charge < -0.3 is 4.57 Å². The number of nitriles is 1. The summed E-state index contributed by atoms with van der Waals surface area (Å²) in [5.41, 5.74) is 7.57. The zero-order valence-electron chi connectivity index (χ0n) is 19.3. The van der Waals surface area contributed by atoms with Crippen LogP contribution in [0.25, 0.3) is 11.8 Å². The number of amides is 1. The van der Waals surface area contributed by atoms with Crippen LogP contribution in [-0.4, -0.2) is 27.0 Å². The number of hydrazine groups is 1. The molecule has 3 rings (SSSR count). The van der Waals surface area contributed by atoms with Crippen molar-refractivity contribution in [2.45, 2.75) is 38.8 Å². The maximum absolute atomic E-state index is 13.2. The molecule has 1 amide bonds. The molecular weight excluding hydrogens is 457 g/mol. The second-order valence-corrected chi connectivity index (χ2v) is 7.92. The number of hydrogen-bond donors (Lipinski definition) is 2. The van der Waals surface area contributed by atoms with Crippen LogP contribution in [0.15, 0.2) is 55.0 Å². The lowest BCUT2D eigenvalue weighted by atomic mass is 9.91. The molecule has 1 atom stereocenters. The predicted molar refractivity (Wildman–Crippen MR) is 125 cm³/mol. The van der Waals surface area contributed by atoms with E-state index in [1.54, 1.807) is 18.5 Å². The Morgan fingerprint density at radius 3 is 2.66 bits per heavy atom. The Morgan fingerprint density at radius 2 is 2.00 bits per heavy atom. The van der Waals surface area contributed by atoms with Gasteiger partial charge in [-0.05, 0) is 56.5 Å². The van der Waals surface area contributed by atoms with E-state index in [2.05, 4.69) is 20.8 Å². The average molecular weight is 483 g/mol. The van der Waals surface area contributed by atoms with Crippen LogP contribution in [0.3, 0.4) is 0 Å². The molecule has 182 valence electrons. The van der Waals surface area contributed by atoms with Crippen LogP contribution < -0.4 is 10.9 Å². The number of carbonyl (C=O) groups is 1. The standard InChI is InChI=1S/C25H25F3N6O/c1-17-15-34(16-30-17)23-11-9-20(32-18(23)2)10-12-24(35)33-31-13-5-6-19(14-29)21-7-3-4-8-22(21)25(26,27)28/h3-4,7-12,15-16,19,31H,5-6,13H2,1-2H3,(H,33,35)/b12-10+. The van der Waals surface area contributed by atoms with E-state index in [1.807, 2.05) is 36.7 Å². The fourth-order valence-corrected chi connectivity index (χ4v) is 3.59. The number of aryl methyl sites for hydroxylation is 2. The zero-order chi connectivity index (χ0) is 25.4. The summed E-state index contributed by atoms with van der Waals surface area (Å²) in [4.78, 5) is 20.7. The van der Waals surface area contributed by atoms with E-state index in [9.17, 15) is 23.2 Å². The van der Waals surface area contributed by atoms with Crippen LogP contribution in [0, 0.1) is 25.2 Å². The molecule has 0 fully saturated rings. The molecule has 1 aromatic carbocycles. The fourth-order valence-electron chi connectivity index (χ4n) is 3.59. The smallest absolute Gasteiger partial charge is 0.304 e. The highest BCUT2D eigenvalue weighted by molar-refractivity contribution is 5.91. The minimum Gasteiger partial charge on any atom is -0.304 e. The van der Waals surface area contributed by atoms with Crippen molar-refractivity contribution >= 4 is 12.0 Å². The molecular formula is C25H25F3N6O. The quantitative estimate of drug-likeness (QED) is 0.264. The molecule has 10 heteroatoms. The first-order chi connectivity index (χ1) is 16.7. The van der Waals surface area contributed by atoms with E-state index in [4.69, 9.17) is 0 Å². The normalized spacial score (nSPS) is 12.5. The van der Waals surface area contributed by atoms with Crippen molar-refractivity contribution in [3.63, 3.8) is 0 Å². The Labute approximate surface area is 201 Å². The van der Waals surface area contributed by atoms with E-state index in [-0.39, 0.29) is 12.0 Å². The van der Waals surface area contributed by atoms with Gasteiger partial charge in [-0.2, -0.15) is 18.4 Å². The maximum Gasteiger partial charge on any atom is 0.416 e. The van der Waals surface area contributed by atoms with Crippen molar-refractivity contribution in [2.75, 3.05) is 6.54 Å². The van der Waals surface area contributed by atoms with Gasteiger partial charge in [-0.1, -0.05) is 18.2 Å². The Kier molecular flexibility index (Phi) is 8.39. The topological polar surface area (TPSA) is 95.6 Å². The predicted octanol–water partition coefficient (Wildman–Crippen LogP) is 4.62. The molecule has 2 aromatic heterocycles. The summed E-state index contributed by atoms with van der Waals surface area (Å²) in [6.07, 6.45) is 2.60. The molecule has 0 saturated heterocycles. The third-order valence-electron chi connectivity index (χ3n) is 5.28. The van der Waals surface area contributed by atoms with Crippen LogP contribution >= 0.6 is 0 Å². The third kappa shape index (κ3) is 7.01. The first-order valence-electron chi connectivity index (χ1n) is 10.9. The molecule has 0 saturated carbocycles. The first kappa shape index (κ1) is 25.6. The number of rotatable bonds is 9. The van der Waals surface area contributed by atoms with E-state index < -0.39 is 23.6 Å². The number of alkyl halides is 3. The van der Waals surface area contributed by atoms with Crippen LogP contribution in [0.1, 0.15) is 47.0 Å². The fraction of sp³-hybridized carbons (Fsp3) is 0.280. The molecule has 0 bridgehead atoms. The summed E-state index contributed by atoms with van der Waals surface area (Å²) in [5.74, 6) is -1.30. The van der Waals surface area contributed by atoms with Crippen molar-refractivity contribution in [1.29, 1.82) is 5.26 Å². The molecule has 0 aliphatic rings. The Morgan fingerprint density at radius 1 is 1.23 bits per heavy atom. The monoisotopic (exact) mass is 482 g/mol. The third-order valence-corrected chi connectivity index (χ3v) is 5.28. The Bertz CT molecular complexity index is 1240. The minimum absolute atomic E-state index is 0.0357. The van der Waals surface area contributed by atoms with E-state index in [1.165, 1.54) is 24.3 Å². The zero-order valence-corrected chi connectivity index (χ0v) is 19.3. The van der Waals surface area contributed by atoms with Gasteiger partial charge in [0.05, 0.1) is 46.6 Å². The minimum atomic E-state index is -4.52. The van der Waals surface area contributed by atoms with Gasteiger partial charge in [0.1, 0.15) is 0 Å². The van der Waals surface area contributed by atoms with E-state index in [0.717, 1.165) is 23.1 Å². The number of hydrogen-bond acceptors (Lipinski definition) is 5. The average Bonchev–Trinajstić information content (AvgIpc) is 3.25. The van der Waals surface area contributed by atoms with Gasteiger partial charge in [-0.15, -0.1) is 0 Å². The van der Waals surface area contributed by atoms with Crippen molar-refractivity contribution in [3.05, 3.63) is 83.2 Å². The van der Waals surface area contributed by atoms with Gasteiger partial charge in [-0.25, -0.2) is 10.4 Å². The van der Waals surface area contributed by atoms with E-state index >= 15 is 0 Å². The molecule has 0 radical (unpaired) electrons. The van der Waals surface area contributed by atoms with Gasteiger partial charge in [0, 0.05) is 18.8 Å². The number of benzene rings is 1. The molecule has 2 N–H and O–H groups in total. The number of aromatic nitrogens is 3. The highest BCUT2D eigenvalue weighted by atomic mass is 19.4. The lowest BCUT2D eigenvalue weighted by Gasteiger charge is -2.16. The van der Waals surface area contributed by atoms with Gasteiger partial charge in [0.15, 0.2) is 0 Å². The molecule has 0 spiro atoms. The number of imidazole rings is 1. The van der Waals surface area contributed by atoms with Crippen molar-refractivity contribution in [1.82, 2.24) is 25.4 Å². The summed E-state index contributed by atoms with van der Waals surface area (Å²) in [7, 11) is 0. The Balaban J connectivity index is 1.46. The molecule has 1 unspecified atom stereocenters. The SMILES string of the molecule is Cc1cn(-c2ccc(/C=C/C(=O)NNCCCC(C#N)c3ccccc3C(F)(F)F)nc2C)cn1. The van der Waals surface area contributed by atoms with Crippen molar-refractivity contribution in [3.8, 4) is 11.8 Å². The number of nitrogens with zero attached hydrogens (tertiary/aromatic N) is 4. The highest BCUT2D eigenvalue weighted by Crippen LogP contribution is 2.36. The summed E-state index contributed by atoms with van der Waals surface area (Å²) >= 11 is 0. The molecule has 7 nitrogen and oxygen atoms in total. The van der Waals surface area contributed by atoms with Crippen LogP contribution in [0.4, 0.5) is 13.2 Å². The number of pyridine rings is 1. The molecule has 0 aliphatic carbocycles. The van der Waals surface area contributed by atoms with E-state index in [0.29, 0.717) is 18.7 Å². The van der Waals surface area contributed by atoms with Crippen LogP contribution in [-0.2, 0) is 11.0 Å². The molecule has 0 aliphatic heterocycles. The second-order valence-electron chi connectivity index (χ2n) is 7.92. The highest BCUT2D eigenvalue weighted by Gasteiger charge is 2.34. The van der Waals surface area contributed by atoms with Crippen LogP contribution in [0.2, 0.25) is 0 Å². The lowest BCUT2D eigenvalue weighted by Crippen LogP contribution is -2.36. The second kappa shape index (κ2) is 11.4. The number of carbonyl (C=O) groups excluding carboxylic acids is 1. The summed E-state index contributed by atoms with van der Waals surface area (Å²) in [5, 5.41) is 9.37. The Hall–Kier alpha value is -3.97. The van der Waals surface area contributed by atoms with Gasteiger partial charge >= 0.3 is 6.18 Å². The number of nitrogens with one attached hydrogen (secondary N) is 2. The summed E-state index contributed by atoms with van der Waals surface area (Å²) in [6, 6.07) is 10.7. The molecule has 35 heavy (non-hydrogen) atoms. The van der Waals surface area contributed by atoms with Crippen molar-refractivity contribution < 1.29 is 18.0 Å². The maximum atomic E-state index is 13.2. The molecule has 2 heterocycles. The first-order valence-corrected chi connectivity index (χ1v) is 10.9. The lowest BCUT2D eigenvalue weighted by molar-refractivity contribution is -0.138.